The molecular weight excluding hydrogens is 259 g/mol. The fourth-order valence-electron chi connectivity index (χ4n) is 1.93. The SMILES string of the molecule is CCCNC(C)c1ccc(F)cc1OCc1ccno1. The molecule has 0 aliphatic heterocycles. The van der Waals surface area contributed by atoms with E-state index in [2.05, 4.69) is 17.4 Å². The first-order valence-electron chi connectivity index (χ1n) is 6.76. The summed E-state index contributed by atoms with van der Waals surface area (Å²) in [5.74, 6) is 0.816. The minimum atomic E-state index is -0.316. The molecule has 0 saturated carbocycles. The quantitative estimate of drug-likeness (QED) is 0.842. The fraction of sp³-hybridized carbons (Fsp3) is 0.400. The van der Waals surface area contributed by atoms with E-state index in [-0.39, 0.29) is 18.5 Å². The van der Waals surface area contributed by atoms with E-state index in [0.717, 1.165) is 18.5 Å². The van der Waals surface area contributed by atoms with Crippen molar-refractivity contribution in [3.63, 3.8) is 0 Å². The maximum absolute atomic E-state index is 13.4. The van der Waals surface area contributed by atoms with E-state index >= 15 is 0 Å². The molecule has 0 amide bonds. The molecule has 0 bridgehead atoms. The number of hydrogen-bond donors (Lipinski definition) is 1. The van der Waals surface area contributed by atoms with Gasteiger partial charge in [-0.25, -0.2) is 4.39 Å². The van der Waals surface area contributed by atoms with Gasteiger partial charge in [0.15, 0.2) is 5.76 Å². The Kier molecular flexibility index (Phi) is 5.12. The molecule has 0 aliphatic rings. The number of nitrogens with zero attached hydrogens (tertiary/aromatic N) is 1. The lowest BCUT2D eigenvalue weighted by molar-refractivity contribution is 0.245. The maximum Gasteiger partial charge on any atom is 0.174 e. The molecule has 4 nitrogen and oxygen atoms in total. The number of rotatable bonds is 7. The molecule has 0 aliphatic carbocycles. The molecule has 5 heteroatoms. The topological polar surface area (TPSA) is 47.3 Å². The van der Waals surface area contributed by atoms with E-state index in [1.807, 2.05) is 6.92 Å². The standard InChI is InChI=1S/C15H19FN2O2/c1-3-7-17-11(2)14-5-4-12(16)9-15(14)19-10-13-6-8-18-20-13/h4-6,8-9,11,17H,3,7,10H2,1-2H3. The Labute approximate surface area is 117 Å². The number of ether oxygens (including phenoxy) is 1. The van der Waals surface area contributed by atoms with Gasteiger partial charge in [0.05, 0.1) is 6.20 Å². The summed E-state index contributed by atoms with van der Waals surface area (Å²) in [6, 6.07) is 6.41. The largest absolute Gasteiger partial charge is 0.485 e. The van der Waals surface area contributed by atoms with Gasteiger partial charge in [0.25, 0.3) is 0 Å². The monoisotopic (exact) mass is 278 g/mol. The third-order valence-electron chi connectivity index (χ3n) is 3.00. The molecule has 1 unspecified atom stereocenters. The van der Waals surface area contributed by atoms with Crippen molar-refractivity contribution in [1.29, 1.82) is 0 Å². The van der Waals surface area contributed by atoms with Crippen molar-refractivity contribution in [3.8, 4) is 5.75 Å². The third-order valence-corrected chi connectivity index (χ3v) is 3.00. The third kappa shape index (κ3) is 3.81. The first-order chi connectivity index (χ1) is 9.70. The first-order valence-corrected chi connectivity index (χ1v) is 6.76. The second-order valence-corrected chi connectivity index (χ2v) is 4.63. The van der Waals surface area contributed by atoms with Gasteiger partial charge in [-0.15, -0.1) is 0 Å². The molecule has 0 fully saturated rings. The van der Waals surface area contributed by atoms with Crippen LogP contribution in [-0.2, 0) is 6.61 Å². The van der Waals surface area contributed by atoms with E-state index in [9.17, 15) is 4.39 Å². The van der Waals surface area contributed by atoms with Gasteiger partial charge in [-0.2, -0.15) is 0 Å². The average molecular weight is 278 g/mol. The summed E-state index contributed by atoms with van der Waals surface area (Å²) in [5, 5.41) is 6.97. The zero-order valence-corrected chi connectivity index (χ0v) is 11.7. The number of nitrogens with one attached hydrogen (secondary N) is 1. The Balaban J connectivity index is 2.10. The molecule has 0 saturated heterocycles. The van der Waals surface area contributed by atoms with E-state index < -0.39 is 0 Å². The van der Waals surface area contributed by atoms with Crippen LogP contribution in [-0.4, -0.2) is 11.7 Å². The molecule has 2 rings (SSSR count). The zero-order chi connectivity index (χ0) is 14.4. The number of hydrogen-bond acceptors (Lipinski definition) is 4. The molecule has 1 heterocycles. The highest BCUT2D eigenvalue weighted by atomic mass is 19.1. The van der Waals surface area contributed by atoms with Gasteiger partial charge in [-0.1, -0.05) is 18.1 Å². The molecule has 1 aromatic heterocycles. The minimum Gasteiger partial charge on any atom is -0.485 e. The second-order valence-electron chi connectivity index (χ2n) is 4.63. The van der Waals surface area contributed by atoms with E-state index in [1.165, 1.54) is 12.1 Å². The minimum absolute atomic E-state index is 0.0975. The second kappa shape index (κ2) is 7.05. The summed E-state index contributed by atoms with van der Waals surface area (Å²) in [6.45, 7) is 5.27. The van der Waals surface area contributed by atoms with Crippen molar-refractivity contribution in [2.24, 2.45) is 0 Å². The summed E-state index contributed by atoms with van der Waals surface area (Å²) in [4.78, 5) is 0. The van der Waals surface area contributed by atoms with Crippen molar-refractivity contribution >= 4 is 0 Å². The van der Waals surface area contributed by atoms with Crippen LogP contribution in [0.4, 0.5) is 4.39 Å². The summed E-state index contributed by atoms with van der Waals surface area (Å²) in [6.07, 6.45) is 2.59. The highest BCUT2D eigenvalue weighted by Crippen LogP contribution is 2.27. The molecule has 0 radical (unpaired) electrons. The van der Waals surface area contributed by atoms with Crippen molar-refractivity contribution in [2.75, 3.05) is 6.54 Å². The Hall–Kier alpha value is -1.88. The summed E-state index contributed by atoms with van der Waals surface area (Å²) in [5.41, 5.74) is 0.930. The Bertz CT molecular complexity index is 529. The molecule has 20 heavy (non-hydrogen) atoms. The smallest absolute Gasteiger partial charge is 0.174 e. The van der Waals surface area contributed by atoms with E-state index in [0.29, 0.717) is 11.5 Å². The van der Waals surface area contributed by atoms with Gasteiger partial charge >= 0.3 is 0 Å². The highest BCUT2D eigenvalue weighted by Gasteiger charge is 2.13. The van der Waals surface area contributed by atoms with Crippen LogP contribution in [0.25, 0.3) is 0 Å². The summed E-state index contributed by atoms with van der Waals surface area (Å²) >= 11 is 0. The Morgan fingerprint density at radius 1 is 1.40 bits per heavy atom. The van der Waals surface area contributed by atoms with Crippen LogP contribution >= 0.6 is 0 Å². The van der Waals surface area contributed by atoms with Gasteiger partial charge in [-0.05, 0) is 26.0 Å². The van der Waals surface area contributed by atoms with Crippen molar-refractivity contribution in [1.82, 2.24) is 10.5 Å². The van der Waals surface area contributed by atoms with Crippen molar-refractivity contribution in [2.45, 2.75) is 32.9 Å². The van der Waals surface area contributed by atoms with Crippen LogP contribution in [0.3, 0.4) is 0 Å². The number of halogens is 1. The Morgan fingerprint density at radius 2 is 2.25 bits per heavy atom. The van der Waals surface area contributed by atoms with Crippen molar-refractivity contribution in [3.05, 3.63) is 47.6 Å². The molecule has 108 valence electrons. The summed E-state index contributed by atoms with van der Waals surface area (Å²) in [7, 11) is 0. The van der Waals surface area contributed by atoms with E-state index in [4.69, 9.17) is 9.26 Å². The molecule has 1 atom stereocenters. The fourth-order valence-corrected chi connectivity index (χ4v) is 1.93. The van der Waals surface area contributed by atoms with Crippen LogP contribution in [0.15, 0.2) is 35.0 Å². The van der Waals surface area contributed by atoms with Crippen LogP contribution in [0.2, 0.25) is 0 Å². The van der Waals surface area contributed by atoms with Crippen LogP contribution in [0.1, 0.15) is 37.6 Å². The normalized spacial score (nSPS) is 12.3. The lowest BCUT2D eigenvalue weighted by Crippen LogP contribution is -2.20. The van der Waals surface area contributed by atoms with E-state index in [1.54, 1.807) is 18.3 Å². The first kappa shape index (κ1) is 14.5. The number of aromatic nitrogens is 1. The van der Waals surface area contributed by atoms with Gasteiger partial charge in [0, 0.05) is 23.7 Å². The molecule has 1 N–H and O–H groups in total. The Morgan fingerprint density at radius 3 is 2.95 bits per heavy atom. The molecule has 2 aromatic rings. The number of benzene rings is 1. The van der Waals surface area contributed by atoms with Gasteiger partial charge in [0.1, 0.15) is 18.2 Å². The van der Waals surface area contributed by atoms with Crippen LogP contribution in [0, 0.1) is 5.82 Å². The maximum atomic E-state index is 13.4. The lowest BCUT2D eigenvalue weighted by Gasteiger charge is -2.17. The van der Waals surface area contributed by atoms with Gasteiger partial charge < -0.3 is 14.6 Å². The van der Waals surface area contributed by atoms with Crippen molar-refractivity contribution < 1.29 is 13.7 Å². The summed E-state index contributed by atoms with van der Waals surface area (Å²) < 4.78 is 24.0. The van der Waals surface area contributed by atoms with Gasteiger partial charge in [-0.3, -0.25) is 0 Å². The molecular formula is C15H19FN2O2. The van der Waals surface area contributed by atoms with Gasteiger partial charge in [0.2, 0.25) is 0 Å². The molecule has 1 aromatic carbocycles. The lowest BCUT2D eigenvalue weighted by atomic mass is 10.1. The predicted octanol–water partition coefficient (Wildman–Crippen LogP) is 3.45. The van der Waals surface area contributed by atoms with Crippen LogP contribution < -0.4 is 10.1 Å². The zero-order valence-electron chi connectivity index (χ0n) is 11.7. The molecule has 0 spiro atoms. The highest BCUT2D eigenvalue weighted by molar-refractivity contribution is 5.36. The van der Waals surface area contributed by atoms with Crippen LogP contribution in [0.5, 0.6) is 5.75 Å². The predicted molar refractivity (Wildman–Crippen MR) is 73.9 cm³/mol. The average Bonchev–Trinajstić information content (AvgIpc) is 2.96.